The predicted molar refractivity (Wildman–Crippen MR) is 439 cm³/mol. The summed E-state index contributed by atoms with van der Waals surface area (Å²) in [4.78, 5) is 15.6. The fraction of sp³-hybridized carbons (Fsp3) is 0.365. The van der Waals surface area contributed by atoms with Crippen molar-refractivity contribution in [3.63, 3.8) is 0 Å². The molecule has 4 saturated carbocycles. The van der Waals surface area contributed by atoms with Crippen LogP contribution in [0, 0.1) is 29.1 Å². The van der Waals surface area contributed by atoms with E-state index in [-0.39, 0.29) is 34.5 Å². The van der Waals surface area contributed by atoms with Crippen molar-refractivity contribution in [3.8, 4) is 23.0 Å². The van der Waals surface area contributed by atoms with Crippen molar-refractivity contribution in [2.45, 2.75) is 201 Å². The number of benzene rings is 10. The molecule has 10 aromatic rings. The highest BCUT2D eigenvalue weighted by Crippen LogP contribution is 2.62. The van der Waals surface area contributed by atoms with E-state index in [9.17, 15) is 17.8 Å². The van der Waals surface area contributed by atoms with Crippen LogP contribution in [0.15, 0.2) is 293 Å². The zero-order valence-electron chi connectivity index (χ0n) is 64.9. The van der Waals surface area contributed by atoms with Gasteiger partial charge >= 0.3 is 5.97 Å². The molecule has 0 amide bonds. The largest absolute Gasteiger partial charge is 0.744 e. The van der Waals surface area contributed by atoms with Crippen LogP contribution in [0.4, 0.5) is 0 Å². The number of aromatic hydroxyl groups is 1. The summed E-state index contributed by atoms with van der Waals surface area (Å²) in [6, 6.07) is 89.8. The molecule has 0 aromatic heterocycles. The monoisotopic (exact) mass is 1500 g/mol. The van der Waals surface area contributed by atoms with Crippen LogP contribution in [0.3, 0.4) is 0 Å². The molecule has 109 heavy (non-hydrogen) atoms. The quantitative estimate of drug-likeness (QED) is 0.0181. The second kappa shape index (κ2) is 41.9. The van der Waals surface area contributed by atoms with Crippen molar-refractivity contribution in [1.29, 1.82) is 0 Å². The molecule has 1 heterocycles. The van der Waals surface area contributed by atoms with E-state index in [4.69, 9.17) is 33.5 Å². The Morgan fingerprint density at radius 2 is 0.807 bits per heavy atom. The summed E-state index contributed by atoms with van der Waals surface area (Å²) in [7, 11) is -4.76. The molecule has 574 valence electrons. The molecule has 11 nitrogen and oxygen atoms in total. The molecular formula is C96H112O11S2. The molecule has 13 heteroatoms. The van der Waals surface area contributed by atoms with Gasteiger partial charge in [-0.15, -0.1) is 0 Å². The molecule has 10 aromatic carbocycles. The number of carbonyl (C=O) groups is 1. The Balaban J connectivity index is 0.000000149. The number of phenolic OH excluding ortho intramolecular Hbond substituents is 1. The van der Waals surface area contributed by atoms with Crippen LogP contribution in [0.2, 0.25) is 0 Å². The van der Waals surface area contributed by atoms with Gasteiger partial charge in [-0.2, -0.15) is 0 Å². The molecule has 5 aliphatic rings. The fourth-order valence-electron chi connectivity index (χ4n) is 15.3. The van der Waals surface area contributed by atoms with Crippen molar-refractivity contribution in [2.75, 3.05) is 13.2 Å². The Labute approximate surface area is 652 Å². The highest BCUT2D eigenvalue weighted by molar-refractivity contribution is 7.97. The summed E-state index contributed by atoms with van der Waals surface area (Å²) in [6.45, 7) is 20.3. The van der Waals surface area contributed by atoms with E-state index in [0.717, 1.165) is 92.6 Å². The van der Waals surface area contributed by atoms with E-state index in [2.05, 4.69) is 237 Å². The minimum atomic E-state index is -4.74. The molecule has 1 aliphatic heterocycles. The lowest BCUT2D eigenvalue weighted by atomic mass is 9.49. The summed E-state index contributed by atoms with van der Waals surface area (Å²) in [6.07, 6.45) is 14.2. The van der Waals surface area contributed by atoms with E-state index >= 15 is 0 Å². The molecule has 4 aliphatic carbocycles. The van der Waals surface area contributed by atoms with Crippen LogP contribution in [0.1, 0.15) is 200 Å². The van der Waals surface area contributed by atoms with Gasteiger partial charge in [0.25, 0.3) is 0 Å². The number of hydrogen-bond donors (Lipinski definition) is 1. The first kappa shape index (κ1) is 82.7. The zero-order valence-corrected chi connectivity index (χ0v) is 66.5. The molecule has 6 atom stereocenters. The molecule has 1 saturated heterocycles. The van der Waals surface area contributed by atoms with Gasteiger partial charge in [0.2, 0.25) is 12.6 Å². The van der Waals surface area contributed by atoms with E-state index in [1.165, 1.54) is 99.2 Å². The van der Waals surface area contributed by atoms with Crippen LogP contribution in [0.25, 0.3) is 0 Å². The lowest BCUT2D eigenvalue weighted by molar-refractivity contribution is -0.220. The van der Waals surface area contributed by atoms with E-state index in [1.807, 2.05) is 42.5 Å². The number of phenols is 1. The third-order valence-corrected chi connectivity index (χ3v) is 25.1. The zero-order chi connectivity index (χ0) is 77.0. The third kappa shape index (κ3) is 24.6. The van der Waals surface area contributed by atoms with Gasteiger partial charge < -0.3 is 38.1 Å². The second-order valence-corrected chi connectivity index (χ2v) is 33.3. The van der Waals surface area contributed by atoms with Gasteiger partial charge in [0, 0.05) is 24.5 Å². The highest BCUT2D eigenvalue weighted by Gasteiger charge is 2.56. The van der Waals surface area contributed by atoms with Crippen LogP contribution < -0.4 is 14.2 Å². The summed E-state index contributed by atoms with van der Waals surface area (Å²) in [5.41, 5.74) is 7.48. The number of hydrogen-bond acceptors (Lipinski definition) is 11. The first-order chi connectivity index (χ1) is 52.9. The fourth-order valence-corrected chi connectivity index (χ4v) is 18.0. The van der Waals surface area contributed by atoms with Crippen LogP contribution in [-0.4, -0.2) is 49.8 Å². The van der Waals surface area contributed by atoms with E-state index < -0.39 is 21.0 Å². The van der Waals surface area contributed by atoms with Gasteiger partial charge in [0.05, 0.1) is 34.6 Å². The molecular weight excluding hydrogens is 1390 g/mol. The minimum absolute atomic E-state index is 0.0146. The number of ether oxygens (including phenoxy) is 6. The van der Waals surface area contributed by atoms with Crippen LogP contribution >= 0.6 is 0 Å². The second-order valence-electron chi connectivity index (χ2n) is 29.9. The maximum atomic E-state index is 12.1. The molecule has 0 spiro atoms. The molecule has 15 rings (SSSR count). The maximum Gasteiger partial charge on any atom is 0.344 e. The lowest BCUT2D eigenvalue weighted by Crippen LogP contribution is -2.54. The van der Waals surface area contributed by atoms with Gasteiger partial charge in [-0.1, -0.05) is 231 Å². The molecule has 0 radical (unpaired) electrons. The number of rotatable bonds is 26. The molecule has 6 unspecified atom stereocenters. The topological polar surface area (TPSA) is 150 Å². The molecule has 1 N–H and O–H groups in total. The SMILES string of the molecule is CCC(C)c1ccc(O)cc1.CCC(C)c1ccc(OC(=O)c2ccccc2S(=O)(=O)[O-])cc1.CCC(C)c1ccc(OC(OCc2ccccc2)C23CC4CC(CC(C4)C2)C3)cc1.CCC(C)c1ccc(OC(OCc2ccccc2)C2CCOCC2)cc1.c1ccc([S+](c2ccccc2)c2ccccc2)cc1. The van der Waals surface area contributed by atoms with Gasteiger partial charge in [-0.3, -0.25) is 0 Å². The Morgan fingerprint density at radius 3 is 1.20 bits per heavy atom. The van der Waals surface area contributed by atoms with E-state index in [0.29, 0.717) is 54.3 Å². The normalized spacial score (nSPS) is 18.7. The third-order valence-electron chi connectivity index (χ3n) is 22.0. The Bertz CT molecular complexity index is 4240. The Morgan fingerprint density at radius 1 is 0.459 bits per heavy atom. The first-order valence-electron chi connectivity index (χ1n) is 39.4. The molecule has 4 bridgehead atoms. The average molecular weight is 1510 g/mol. The number of esters is 1. The van der Waals surface area contributed by atoms with Gasteiger partial charge in [0.15, 0.2) is 14.7 Å². The molecule has 5 fully saturated rings. The predicted octanol–water partition coefficient (Wildman–Crippen LogP) is 23.9. The number of carbonyl (C=O) groups excluding carboxylic acids is 1. The lowest BCUT2D eigenvalue weighted by Gasteiger charge is -2.58. The summed E-state index contributed by atoms with van der Waals surface area (Å²) in [5, 5.41) is 9.01. The summed E-state index contributed by atoms with van der Waals surface area (Å²) < 4.78 is 70.0. The first-order valence-corrected chi connectivity index (χ1v) is 42.0. The minimum Gasteiger partial charge on any atom is -0.744 e. The van der Waals surface area contributed by atoms with Crippen molar-refractivity contribution in [2.24, 2.45) is 29.1 Å². The van der Waals surface area contributed by atoms with Crippen LogP contribution in [-0.2, 0) is 48.4 Å². The van der Waals surface area contributed by atoms with Crippen molar-refractivity contribution in [1.82, 2.24) is 0 Å². The van der Waals surface area contributed by atoms with Crippen molar-refractivity contribution in [3.05, 3.63) is 312 Å². The van der Waals surface area contributed by atoms with Crippen molar-refractivity contribution >= 4 is 27.0 Å². The average Bonchev–Trinajstić information content (AvgIpc) is 0.737. The highest BCUT2D eigenvalue weighted by atomic mass is 32.2. The Hall–Kier alpha value is -8.79. The summed E-state index contributed by atoms with van der Waals surface area (Å²) in [5.74, 6) is 6.76. The van der Waals surface area contributed by atoms with Crippen molar-refractivity contribution < 1.29 is 51.3 Å². The standard InChI is InChI=1S/C28H36O2.C23H30O3.C18H15S.C17H18O5S.C10H14O/c1-3-20(2)25-9-11-26(12-10-25)30-27(29-19-21-7-5-4-6-8-21)28-16-22-13-23(17-28)15-24(14-22)18-28;1-3-18(2)20-9-11-22(12-10-20)26-23(21-13-15-24-16-14-21)25-17-19-7-5-4-6-8-19;1-4-10-16(11-5-1)19(17-12-6-2-7-13-17)18-14-8-3-9-15-18;1-3-12(2)13-8-10-14(11-9-13)22-17(18)15-6-4-5-7-16(15)23(19,20)21;1-3-8(2)9-4-6-10(11)7-5-9/h4-12,20,22-24,27H,3,13-19H2,1-2H3;4-12,18,21,23H,3,13-17H2,1-2H3;1-15H;4-12H,3H2,1-2H3,(H,19,20,21);4-8,11H,3H2,1-2H3/q;;+1;;/p-1. The maximum absolute atomic E-state index is 12.1. The summed E-state index contributed by atoms with van der Waals surface area (Å²) >= 11 is 0. The Kier molecular flexibility index (Phi) is 31.8. The van der Waals surface area contributed by atoms with E-state index in [1.54, 1.807) is 24.3 Å². The van der Waals surface area contributed by atoms with Gasteiger partial charge in [-0.05, 0) is 249 Å². The van der Waals surface area contributed by atoms with Gasteiger partial charge in [-0.25, -0.2) is 13.2 Å². The van der Waals surface area contributed by atoms with Crippen LogP contribution in [0.5, 0.6) is 23.0 Å². The smallest absolute Gasteiger partial charge is 0.344 e. The van der Waals surface area contributed by atoms with Gasteiger partial charge in [0.1, 0.15) is 33.1 Å².